The molecule has 6 nitrogen and oxygen atoms in total. The SMILES string of the molecule is COC(=O)C[C@]1(c2cccc(NC(=O)OC(C)(C)C)c2)C[C@H](C#N)C1. The van der Waals surface area contributed by atoms with Gasteiger partial charge in [0, 0.05) is 17.0 Å². The number of nitrogens with zero attached hydrogens (tertiary/aromatic N) is 1. The summed E-state index contributed by atoms with van der Waals surface area (Å²) in [6.45, 7) is 5.39. The van der Waals surface area contributed by atoms with Crippen LogP contribution in [0.1, 0.15) is 45.6 Å². The lowest BCUT2D eigenvalue weighted by atomic mass is 9.57. The van der Waals surface area contributed by atoms with Gasteiger partial charge in [-0.15, -0.1) is 0 Å². The van der Waals surface area contributed by atoms with Gasteiger partial charge in [-0.2, -0.15) is 5.26 Å². The molecule has 1 aromatic carbocycles. The molecular weight excluding hydrogens is 320 g/mol. The van der Waals surface area contributed by atoms with Gasteiger partial charge in [0.1, 0.15) is 5.60 Å². The molecule has 1 aliphatic carbocycles. The number of nitrogens with one attached hydrogen (secondary N) is 1. The Balaban J connectivity index is 2.19. The van der Waals surface area contributed by atoms with Crippen molar-refractivity contribution in [2.75, 3.05) is 12.4 Å². The second-order valence-corrected chi connectivity index (χ2v) is 7.48. The molecule has 0 heterocycles. The molecule has 0 aromatic heterocycles. The van der Waals surface area contributed by atoms with Crippen molar-refractivity contribution in [3.05, 3.63) is 29.8 Å². The number of carbonyl (C=O) groups is 2. The topological polar surface area (TPSA) is 88.4 Å². The van der Waals surface area contributed by atoms with E-state index in [-0.39, 0.29) is 18.3 Å². The number of methoxy groups -OCH3 is 1. The van der Waals surface area contributed by atoms with Crippen molar-refractivity contribution >= 4 is 17.7 Å². The molecule has 6 heteroatoms. The molecular formula is C19H24N2O4. The smallest absolute Gasteiger partial charge is 0.412 e. The Morgan fingerprint density at radius 3 is 2.60 bits per heavy atom. The van der Waals surface area contributed by atoms with E-state index in [1.54, 1.807) is 26.8 Å². The number of amides is 1. The molecule has 0 unspecified atom stereocenters. The van der Waals surface area contributed by atoms with Gasteiger partial charge in [-0.25, -0.2) is 4.79 Å². The van der Waals surface area contributed by atoms with E-state index in [2.05, 4.69) is 11.4 Å². The molecule has 0 aliphatic heterocycles. The number of carbonyl (C=O) groups excluding carboxylic acids is 2. The van der Waals surface area contributed by atoms with Crippen LogP contribution in [-0.4, -0.2) is 24.8 Å². The average molecular weight is 344 g/mol. The predicted octanol–water partition coefficient (Wildman–Crippen LogP) is 3.77. The van der Waals surface area contributed by atoms with E-state index in [0.717, 1.165) is 5.56 Å². The molecule has 1 N–H and O–H groups in total. The third kappa shape index (κ3) is 4.72. The zero-order valence-electron chi connectivity index (χ0n) is 15.1. The number of rotatable bonds is 4. The Morgan fingerprint density at radius 1 is 1.36 bits per heavy atom. The normalized spacial score (nSPS) is 22.3. The highest BCUT2D eigenvalue weighted by Gasteiger charge is 2.47. The fraction of sp³-hybridized carbons (Fsp3) is 0.526. The lowest BCUT2D eigenvalue weighted by Crippen LogP contribution is -2.42. The van der Waals surface area contributed by atoms with Crippen LogP contribution in [0.15, 0.2) is 24.3 Å². The molecule has 2 rings (SSSR count). The van der Waals surface area contributed by atoms with Crippen molar-refractivity contribution in [2.24, 2.45) is 5.92 Å². The number of hydrogen-bond acceptors (Lipinski definition) is 5. The molecule has 0 saturated heterocycles. The summed E-state index contributed by atoms with van der Waals surface area (Å²) in [5.74, 6) is -0.367. The third-order valence-electron chi connectivity index (χ3n) is 4.29. The van der Waals surface area contributed by atoms with Crippen LogP contribution in [0.25, 0.3) is 0 Å². The molecule has 1 aliphatic rings. The highest BCUT2D eigenvalue weighted by molar-refractivity contribution is 5.85. The van der Waals surface area contributed by atoms with Gasteiger partial charge >= 0.3 is 12.1 Å². The Hall–Kier alpha value is -2.55. The van der Waals surface area contributed by atoms with Crippen LogP contribution in [0.5, 0.6) is 0 Å². The first-order valence-corrected chi connectivity index (χ1v) is 8.24. The number of anilines is 1. The molecule has 1 amide bonds. The fourth-order valence-corrected chi connectivity index (χ4v) is 3.15. The Labute approximate surface area is 148 Å². The van der Waals surface area contributed by atoms with Crippen molar-refractivity contribution in [1.82, 2.24) is 0 Å². The Morgan fingerprint density at radius 2 is 2.04 bits per heavy atom. The van der Waals surface area contributed by atoms with Crippen LogP contribution >= 0.6 is 0 Å². The molecule has 1 fully saturated rings. The predicted molar refractivity (Wildman–Crippen MR) is 92.9 cm³/mol. The van der Waals surface area contributed by atoms with Gasteiger partial charge in [-0.3, -0.25) is 10.1 Å². The van der Waals surface area contributed by atoms with E-state index < -0.39 is 17.1 Å². The number of benzene rings is 1. The minimum Gasteiger partial charge on any atom is -0.469 e. The van der Waals surface area contributed by atoms with E-state index in [4.69, 9.17) is 14.7 Å². The lowest BCUT2D eigenvalue weighted by molar-refractivity contribution is -0.143. The van der Waals surface area contributed by atoms with Gasteiger partial charge in [-0.1, -0.05) is 12.1 Å². The summed E-state index contributed by atoms with van der Waals surface area (Å²) in [5.41, 5.74) is 0.510. The maximum absolute atomic E-state index is 11.9. The van der Waals surface area contributed by atoms with Gasteiger partial charge in [0.05, 0.1) is 19.6 Å². The largest absolute Gasteiger partial charge is 0.469 e. The van der Waals surface area contributed by atoms with Crippen LogP contribution < -0.4 is 5.32 Å². The third-order valence-corrected chi connectivity index (χ3v) is 4.29. The zero-order valence-corrected chi connectivity index (χ0v) is 15.1. The molecule has 1 aromatic rings. The summed E-state index contributed by atoms with van der Waals surface area (Å²) >= 11 is 0. The van der Waals surface area contributed by atoms with Crippen LogP contribution in [0.3, 0.4) is 0 Å². The van der Waals surface area contributed by atoms with Gasteiger partial charge in [0.25, 0.3) is 0 Å². The first-order chi connectivity index (χ1) is 11.7. The minimum atomic E-state index is -0.582. The summed E-state index contributed by atoms with van der Waals surface area (Å²) in [6, 6.07) is 9.58. The summed E-state index contributed by atoms with van der Waals surface area (Å²) < 4.78 is 10.1. The summed E-state index contributed by atoms with van der Waals surface area (Å²) in [4.78, 5) is 23.8. The average Bonchev–Trinajstić information content (AvgIpc) is 2.48. The maximum atomic E-state index is 11.9. The molecule has 0 spiro atoms. The van der Waals surface area contributed by atoms with Crippen LogP contribution in [0.2, 0.25) is 0 Å². The summed E-state index contributed by atoms with van der Waals surface area (Å²) in [6.07, 6.45) is 0.899. The summed E-state index contributed by atoms with van der Waals surface area (Å²) in [5, 5.41) is 11.8. The molecule has 0 atom stereocenters. The first kappa shape index (κ1) is 18.8. The van der Waals surface area contributed by atoms with E-state index in [0.29, 0.717) is 18.5 Å². The zero-order chi connectivity index (χ0) is 18.7. The Kier molecular flexibility index (Phi) is 5.36. The second kappa shape index (κ2) is 7.14. The van der Waals surface area contributed by atoms with Crippen LogP contribution in [0, 0.1) is 17.2 Å². The maximum Gasteiger partial charge on any atom is 0.412 e. The van der Waals surface area contributed by atoms with Gasteiger partial charge in [0.15, 0.2) is 0 Å². The number of hydrogen-bond donors (Lipinski definition) is 1. The minimum absolute atomic E-state index is 0.0628. The van der Waals surface area contributed by atoms with Crippen molar-refractivity contribution in [3.8, 4) is 6.07 Å². The van der Waals surface area contributed by atoms with E-state index >= 15 is 0 Å². The van der Waals surface area contributed by atoms with Crippen molar-refractivity contribution < 1.29 is 19.1 Å². The number of ether oxygens (including phenoxy) is 2. The second-order valence-electron chi connectivity index (χ2n) is 7.48. The molecule has 25 heavy (non-hydrogen) atoms. The highest BCUT2D eigenvalue weighted by atomic mass is 16.6. The molecule has 134 valence electrons. The number of nitriles is 1. The molecule has 1 saturated carbocycles. The fourth-order valence-electron chi connectivity index (χ4n) is 3.15. The van der Waals surface area contributed by atoms with Crippen LogP contribution in [0.4, 0.5) is 10.5 Å². The monoisotopic (exact) mass is 344 g/mol. The highest BCUT2D eigenvalue weighted by Crippen LogP contribution is 2.50. The van der Waals surface area contributed by atoms with Crippen molar-refractivity contribution in [1.29, 1.82) is 5.26 Å². The van der Waals surface area contributed by atoms with Crippen molar-refractivity contribution in [2.45, 2.75) is 51.0 Å². The van der Waals surface area contributed by atoms with Gasteiger partial charge < -0.3 is 9.47 Å². The quantitative estimate of drug-likeness (QED) is 0.840. The van der Waals surface area contributed by atoms with Gasteiger partial charge in [-0.05, 0) is 51.3 Å². The van der Waals surface area contributed by atoms with Crippen LogP contribution in [-0.2, 0) is 19.7 Å². The van der Waals surface area contributed by atoms with E-state index in [1.807, 2.05) is 18.2 Å². The van der Waals surface area contributed by atoms with E-state index in [9.17, 15) is 9.59 Å². The number of esters is 1. The molecule has 0 bridgehead atoms. The Bertz CT molecular complexity index is 694. The standard InChI is InChI=1S/C19H24N2O4/c1-18(2,3)25-17(23)21-15-7-5-6-14(8-15)19(11-16(22)24-4)9-13(10-19)12-20/h5-8,13H,9-11H2,1-4H3,(H,21,23)/t13-,19-. The van der Waals surface area contributed by atoms with Gasteiger partial charge in [0.2, 0.25) is 0 Å². The van der Waals surface area contributed by atoms with Crippen molar-refractivity contribution in [3.63, 3.8) is 0 Å². The summed E-state index contributed by atoms with van der Waals surface area (Å²) in [7, 11) is 1.36. The van der Waals surface area contributed by atoms with E-state index in [1.165, 1.54) is 7.11 Å². The molecule has 0 radical (unpaired) electrons. The first-order valence-electron chi connectivity index (χ1n) is 8.24. The lowest BCUT2D eigenvalue weighted by Gasteiger charge is -2.45.